The van der Waals surface area contributed by atoms with Crippen molar-refractivity contribution in [3.8, 4) is 5.75 Å². The number of benzene rings is 1. The van der Waals surface area contributed by atoms with Gasteiger partial charge in [0, 0.05) is 30.5 Å². The average molecular weight is 265 g/mol. The Balaban J connectivity index is 1.76. The van der Waals surface area contributed by atoms with Gasteiger partial charge in [0.2, 0.25) is 0 Å². The van der Waals surface area contributed by atoms with E-state index in [4.69, 9.17) is 0 Å². The van der Waals surface area contributed by atoms with Crippen LogP contribution < -0.4 is 5.32 Å². The van der Waals surface area contributed by atoms with Crippen molar-refractivity contribution in [2.75, 3.05) is 11.9 Å². The SMILES string of the molecule is Oc1ccc2ccnc(NCCc3cccnc3)c2c1. The van der Waals surface area contributed by atoms with Gasteiger partial charge in [0.05, 0.1) is 0 Å². The predicted molar refractivity (Wildman–Crippen MR) is 79.8 cm³/mol. The number of phenols is 1. The van der Waals surface area contributed by atoms with Crippen LogP contribution in [0.3, 0.4) is 0 Å². The number of aromatic nitrogens is 2. The Kier molecular flexibility index (Phi) is 3.46. The van der Waals surface area contributed by atoms with Crippen molar-refractivity contribution in [2.45, 2.75) is 6.42 Å². The average Bonchev–Trinajstić information content (AvgIpc) is 2.49. The lowest BCUT2D eigenvalue weighted by Gasteiger charge is -2.09. The molecule has 0 unspecified atom stereocenters. The van der Waals surface area contributed by atoms with Crippen LogP contribution in [0.2, 0.25) is 0 Å². The number of pyridine rings is 2. The third-order valence-electron chi connectivity index (χ3n) is 3.18. The summed E-state index contributed by atoms with van der Waals surface area (Å²) in [7, 11) is 0. The number of nitrogens with one attached hydrogen (secondary N) is 1. The van der Waals surface area contributed by atoms with Gasteiger partial charge in [0.1, 0.15) is 11.6 Å². The van der Waals surface area contributed by atoms with E-state index in [0.29, 0.717) is 0 Å². The van der Waals surface area contributed by atoms with Crippen LogP contribution in [0.1, 0.15) is 5.56 Å². The Hall–Kier alpha value is -2.62. The third-order valence-corrected chi connectivity index (χ3v) is 3.18. The van der Waals surface area contributed by atoms with Gasteiger partial charge in [-0.25, -0.2) is 4.98 Å². The van der Waals surface area contributed by atoms with Crippen LogP contribution >= 0.6 is 0 Å². The molecular weight excluding hydrogens is 250 g/mol. The summed E-state index contributed by atoms with van der Waals surface area (Å²) in [6.07, 6.45) is 6.28. The lowest BCUT2D eigenvalue weighted by atomic mass is 10.1. The number of hydrogen-bond donors (Lipinski definition) is 2. The molecule has 2 N–H and O–H groups in total. The predicted octanol–water partition coefficient (Wildman–Crippen LogP) is 2.99. The zero-order valence-corrected chi connectivity index (χ0v) is 11.0. The molecule has 0 atom stereocenters. The van der Waals surface area contributed by atoms with Gasteiger partial charge in [-0.3, -0.25) is 4.98 Å². The highest BCUT2D eigenvalue weighted by Gasteiger charge is 2.03. The maximum atomic E-state index is 9.59. The topological polar surface area (TPSA) is 58.0 Å². The second-order valence-corrected chi connectivity index (χ2v) is 4.60. The van der Waals surface area contributed by atoms with Gasteiger partial charge in [0.15, 0.2) is 0 Å². The summed E-state index contributed by atoms with van der Waals surface area (Å²) >= 11 is 0. The van der Waals surface area contributed by atoms with Gasteiger partial charge in [-0.05, 0) is 41.6 Å². The fourth-order valence-electron chi connectivity index (χ4n) is 2.17. The molecule has 20 heavy (non-hydrogen) atoms. The molecule has 1 aromatic carbocycles. The lowest BCUT2D eigenvalue weighted by molar-refractivity contribution is 0.476. The van der Waals surface area contributed by atoms with Gasteiger partial charge >= 0.3 is 0 Å². The number of aromatic hydroxyl groups is 1. The molecule has 2 heterocycles. The number of rotatable bonds is 4. The summed E-state index contributed by atoms with van der Waals surface area (Å²) in [5.41, 5.74) is 1.18. The van der Waals surface area contributed by atoms with E-state index < -0.39 is 0 Å². The summed E-state index contributed by atoms with van der Waals surface area (Å²) < 4.78 is 0. The van der Waals surface area contributed by atoms with Crippen LogP contribution in [0, 0.1) is 0 Å². The number of nitrogens with zero attached hydrogens (tertiary/aromatic N) is 2. The molecule has 0 aliphatic heterocycles. The van der Waals surface area contributed by atoms with Crippen LogP contribution in [-0.4, -0.2) is 21.6 Å². The highest BCUT2D eigenvalue weighted by molar-refractivity contribution is 5.92. The van der Waals surface area contributed by atoms with Crippen LogP contribution in [0.15, 0.2) is 55.0 Å². The van der Waals surface area contributed by atoms with Gasteiger partial charge in [-0.1, -0.05) is 12.1 Å². The highest BCUT2D eigenvalue weighted by atomic mass is 16.3. The van der Waals surface area contributed by atoms with E-state index in [1.54, 1.807) is 24.5 Å². The van der Waals surface area contributed by atoms with E-state index in [0.717, 1.165) is 29.6 Å². The van der Waals surface area contributed by atoms with Crippen molar-refractivity contribution in [1.82, 2.24) is 9.97 Å². The molecule has 0 radical (unpaired) electrons. The summed E-state index contributed by atoms with van der Waals surface area (Å²) in [4.78, 5) is 8.44. The molecule has 0 aliphatic rings. The Labute approximate surface area is 117 Å². The molecule has 0 fully saturated rings. The van der Waals surface area contributed by atoms with Crippen LogP contribution in [0.4, 0.5) is 5.82 Å². The van der Waals surface area contributed by atoms with Crippen LogP contribution in [-0.2, 0) is 6.42 Å². The molecule has 0 saturated heterocycles. The fourth-order valence-corrected chi connectivity index (χ4v) is 2.17. The Bertz CT molecular complexity index is 713. The smallest absolute Gasteiger partial charge is 0.133 e. The standard InChI is InChI=1S/C16H15N3O/c20-14-4-3-13-6-9-19-16(15(13)10-14)18-8-5-12-2-1-7-17-11-12/h1-4,6-7,9-11,20H,5,8H2,(H,18,19). The maximum absolute atomic E-state index is 9.59. The fraction of sp³-hybridized carbons (Fsp3) is 0.125. The van der Waals surface area contributed by atoms with Gasteiger partial charge < -0.3 is 10.4 Å². The summed E-state index contributed by atoms with van der Waals surface area (Å²) in [5, 5.41) is 14.9. The number of fused-ring (bicyclic) bond motifs is 1. The minimum Gasteiger partial charge on any atom is -0.508 e. The molecule has 4 nitrogen and oxygen atoms in total. The molecule has 0 aliphatic carbocycles. The van der Waals surface area contributed by atoms with Crippen molar-refractivity contribution in [2.24, 2.45) is 0 Å². The number of anilines is 1. The van der Waals surface area contributed by atoms with Gasteiger partial charge in [-0.15, -0.1) is 0 Å². The number of hydrogen-bond acceptors (Lipinski definition) is 4. The zero-order valence-electron chi connectivity index (χ0n) is 11.0. The first-order valence-electron chi connectivity index (χ1n) is 6.53. The van der Waals surface area contributed by atoms with E-state index in [-0.39, 0.29) is 5.75 Å². The molecular formula is C16H15N3O. The number of phenolic OH excluding ortho intramolecular Hbond substituents is 1. The van der Waals surface area contributed by atoms with Crippen molar-refractivity contribution in [3.05, 3.63) is 60.6 Å². The summed E-state index contributed by atoms with van der Waals surface area (Å²) in [5.74, 6) is 1.04. The minimum atomic E-state index is 0.251. The van der Waals surface area contributed by atoms with Crippen molar-refractivity contribution >= 4 is 16.6 Å². The van der Waals surface area contributed by atoms with Crippen molar-refractivity contribution in [1.29, 1.82) is 0 Å². The summed E-state index contributed by atoms with van der Waals surface area (Å²) in [6.45, 7) is 0.771. The first-order chi connectivity index (χ1) is 9.83. The molecule has 0 bridgehead atoms. The van der Waals surface area contributed by atoms with Crippen molar-refractivity contribution < 1.29 is 5.11 Å². The van der Waals surface area contributed by atoms with E-state index in [2.05, 4.69) is 21.4 Å². The van der Waals surface area contributed by atoms with Gasteiger partial charge in [-0.2, -0.15) is 0 Å². The Morgan fingerprint density at radius 1 is 1.10 bits per heavy atom. The monoisotopic (exact) mass is 265 g/mol. The van der Waals surface area contributed by atoms with Crippen molar-refractivity contribution in [3.63, 3.8) is 0 Å². The third kappa shape index (κ3) is 2.69. The highest BCUT2D eigenvalue weighted by Crippen LogP contribution is 2.24. The van der Waals surface area contributed by atoms with Gasteiger partial charge in [0.25, 0.3) is 0 Å². The largest absolute Gasteiger partial charge is 0.508 e. The first kappa shape index (κ1) is 12.4. The normalized spacial score (nSPS) is 10.6. The molecule has 3 rings (SSSR count). The molecule has 0 amide bonds. The first-order valence-corrected chi connectivity index (χ1v) is 6.53. The molecule has 3 aromatic rings. The van der Waals surface area contributed by atoms with E-state index in [1.165, 1.54) is 5.56 Å². The Morgan fingerprint density at radius 2 is 2.05 bits per heavy atom. The lowest BCUT2D eigenvalue weighted by Crippen LogP contribution is -2.06. The second kappa shape index (κ2) is 5.57. The quantitative estimate of drug-likeness (QED) is 0.761. The molecule has 0 spiro atoms. The second-order valence-electron chi connectivity index (χ2n) is 4.60. The minimum absolute atomic E-state index is 0.251. The van der Waals surface area contributed by atoms with E-state index >= 15 is 0 Å². The van der Waals surface area contributed by atoms with Crippen LogP contribution in [0.25, 0.3) is 10.8 Å². The molecule has 2 aromatic heterocycles. The zero-order chi connectivity index (χ0) is 13.8. The molecule has 100 valence electrons. The maximum Gasteiger partial charge on any atom is 0.133 e. The summed E-state index contributed by atoms with van der Waals surface area (Å²) in [6, 6.07) is 11.2. The van der Waals surface area contributed by atoms with E-state index in [1.807, 2.05) is 24.4 Å². The molecule has 4 heteroatoms. The molecule has 0 saturated carbocycles. The Morgan fingerprint density at radius 3 is 2.90 bits per heavy atom. The van der Waals surface area contributed by atoms with E-state index in [9.17, 15) is 5.11 Å². The van der Waals surface area contributed by atoms with Crippen LogP contribution in [0.5, 0.6) is 5.75 Å².